The Morgan fingerprint density at radius 1 is 1.29 bits per heavy atom. The van der Waals surface area contributed by atoms with E-state index in [1.807, 2.05) is 12.4 Å². The molecule has 0 atom stereocenters. The van der Waals surface area contributed by atoms with Crippen LogP contribution in [-0.4, -0.2) is 57.6 Å². The van der Waals surface area contributed by atoms with E-state index in [-0.39, 0.29) is 0 Å². The molecule has 6 nitrogen and oxygen atoms in total. The molecule has 118 valence electrons. The second-order valence-electron chi connectivity index (χ2n) is 5.75. The molecule has 8 heteroatoms. The zero-order valence-electron chi connectivity index (χ0n) is 12.2. The van der Waals surface area contributed by atoms with E-state index in [0.29, 0.717) is 17.5 Å². The summed E-state index contributed by atoms with van der Waals surface area (Å²) in [6.07, 6.45) is 2.40. The minimum Gasteiger partial charge on any atom is -0.309 e. The number of sulfonamides is 1. The average molecular weight is 330 g/mol. The Bertz CT molecular complexity index is 575. The van der Waals surface area contributed by atoms with Crippen LogP contribution < -0.4 is 10.1 Å². The van der Waals surface area contributed by atoms with Crippen LogP contribution in [0.15, 0.2) is 16.3 Å². The van der Waals surface area contributed by atoms with Gasteiger partial charge in [-0.2, -0.15) is 0 Å². The molecular formula is C13H22N4O2S2. The Balaban J connectivity index is 1.64. The monoisotopic (exact) mass is 330 g/mol. The number of nitrogens with one attached hydrogen (secondary N) is 2. The molecule has 0 amide bonds. The van der Waals surface area contributed by atoms with Crippen LogP contribution in [0.5, 0.6) is 0 Å². The number of piperazine rings is 1. The lowest BCUT2D eigenvalue weighted by atomic mass is 10.4. The Morgan fingerprint density at radius 3 is 2.67 bits per heavy atom. The first-order chi connectivity index (χ1) is 10.0. The first-order valence-electron chi connectivity index (χ1n) is 7.30. The van der Waals surface area contributed by atoms with Gasteiger partial charge in [-0.3, -0.25) is 0 Å². The van der Waals surface area contributed by atoms with E-state index in [9.17, 15) is 8.42 Å². The lowest BCUT2D eigenvalue weighted by molar-refractivity contribution is 0.135. The van der Waals surface area contributed by atoms with Crippen molar-refractivity contribution in [2.24, 2.45) is 0 Å². The van der Waals surface area contributed by atoms with E-state index < -0.39 is 10.0 Å². The van der Waals surface area contributed by atoms with Crippen LogP contribution in [-0.2, 0) is 16.6 Å². The highest BCUT2D eigenvalue weighted by Gasteiger charge is 2.26. The first-order valence-corrected chi connectivity index (χ1v) is 9.66. The zero-order chi connectivity index (χ0) is 14.9. The van der Waals surface area contributed by atoms with Gasteiger partial charge in [-0.25, -0.2) is 13.4 Å². The second kappa shape index (κ2) is 6.31. The van der Waals surface area contributed by atoms with Crippen molar-refractivity contribution in [2.45, 2.75) is 30.3 Å². The summed E-state index contributed by atoms with van der Waals surface area (Å²) in [6.45, 7) is 3.83. The summed E-state index contributed by atoms with van der Waals surface area (Å²) in [5.41, 5.74) is 0. The first kappa shape index (κ1) is 15.4. The maximum absolute atomic E-state index is 12.5. The van der Waals surface area contributed by atoms with Gasteiger partial charge < -0.3 is 10.2 Å². The summed E-state index contributed by atoms with van der Waals surface area (Å²) in [4.78, 5) is 6.22. The van der Waals surface area contributed by atoms with Crippen LogP contribution in [0, 0.1) is 0 Å². The fraction of sp³-hybridized carbons (Fsp3) is 0.692. The molecule has 2 fully saturated rings. The largest absolute Gasteiger partial charge is 0.309 e. The molecule has 0 radical (unpaired) electrons. The normalized spacial score (nSPS) is 21.8. The molecule has 1 aromatic heterocycles. The Hall–Kier alpha value is -0.510. The van der Waals surface area contributed by atoms with Gasteiger partial charge in [0.1, 0.15) is 0 Å². The van der Waals surface area contributed by atoms with E-state index in [0.717, 1.165) is 31.1 Å². The van der Waals surface area contributed by atoms with Gasteiger partial charge >= 0.3 is 0 Å². The molecule has 1 aliphatic heterocycles. The Morgan fingerprint density at radius 2 is 2.00 bits per heavy atom. The van der Waals surface area contributed by atoms with Gasteiger partial charge in [0.15, 0.2) is 0 Å². The van der Waals surface area contributed by atoms with Crippen LogP contribution >= 0.6 is 11.3 Å². The maximum atomic E-state index is 12.5. The molecule has 21 heavy (non-hydrogen) atoms. The van der Waals surface area contributed by atoms with Crippen molar-refractivity contribution < 1.29 is 8.42 Å². The summed E-state index contributed by atoms with van der Waals surface area (Å²) in [5, 5.41) is 7.03. The average Bonchev–Trinajstić information content (AvgIpc) is 3.14. The standard InChI is InChI=1S/C13H22N4O2S2/c1-16-5-7-17(8-6-16)15-21(18,19)13-4-9-20-12(13)10-14-11-2-3-11/h4,9,11,14-15H,2-3,5-8,10H2,1H3. The molecule has 1 saturated carbocycles. The molecular weight excluding hydrogens is 308 g/mol. The van der Waals surface area contributed by atoms with Crippen molar-refractivity contribution in [3.8, 4) is 0 Å². The molecule has 3 rings (SSSR count). The summed E-state index contributed by atoms with van der Waals surface area (Å²) in [6, 6.07) is 2.28. The quantitative estimate of drug-likeness (QED) is 0.792. The number of thiophene rings is 1. The molecule has 0 aromatic carbocycles. The van der Waals surface area contributed by atoms with Gasteiger partial charge in [0.05, 0.1) is 4.90 Å². The molecule has 1 saturated heterocycles. The van der Waals surface area contributed by atoms with Crippen LogP contribution in [0.3, 0.4) is 0 Å². The van der Waals surface area contributed by atoms with Crippen molar-refractivity contribution in [3.63, 3.8) is 0 Å². The van der Waals surface area contributed by atoms with Gasteiger partial charge in [-0.1, -0.05) is 0 Å². The van der Waals surface area contributed by atoms with Crippen LogP contribution in [0.1, 0.15) is 17.7 Å². The van der Waals surface area contributed by atoms with E-state index in [1.165, 1.54) is 24.2 Å². The van der Waals surface area contributed by atoms with Crippen LogP contribution in [0.25, 0.3) is 0 Å². The molecule has 0 spiro atoms. The third-order valence-electron chi connectivity index (χ3n) is 3.88. The highest BCUT2D eigenvalue weighted by atomic mass is 32.2. The number of hydrazine groups is 1. The molecule has 2 heterocycles. The number of hydrogen-bond donors (Lipinski definition) is 2. The number of hydrogen-bond acceptors (Lipinski definition) is 6. The van der Waals surface area contributed by atoms with Crippen LogP contribution in [0.4, 0.5) is 0 Å². The minimum absolute atomic E-state index is 0.416. The number of rotatable bonds is 6. The summed E-state index contributed by atoms with van der Waals surface area (Å²) >= 11 is 1.50. The number of nitrogens with zero attached hydrogens (tertiary/aromatic N) is 2. The minimum atomic E-state index is -3.46. The highest BCUT2D eigenvalue weighted by Crippen LogP contribution is 2.25. The molecule has 2 aliphatic rings. The third kappa shape index (κ3) is 4.02. The van der Waals surface area contributed by atoms with Crippen molar-refractivity contribution >= 4 is 21.4 Å². The molecule has 1 aromatic rings. The molecule has 0 bridgehead atoms. The third-order valence-corrected chi connectivity index (χ3v) is 6.39. The van der Waals surface area contributed by atoms with E-state index in [2.05, 4.69) is 15.0 Å². The smallest absolute Gasteiger partial charge is 0.254 e. The van der Waals surface area contributed by atoms with Gasteiger partial charge in [-0.15, -0.1) is 16.2 Å². The molecule has 1 aliphatic carbocycles. The topological polar surface area (TPSA) is 64.7 Å². The van der Waals surface area contributed by atoms with Crippen molar-refractivity contribution in [3.05, 3.63) is 16.3 Å². The molecule has 0 unspecified atom stereocenters. The fourth-order valence-electron chi connectivity index (χ4n) is 2.34. The Labute approximate surface area is 130 Å². The van der Waals surface area contributed by atoms with Crippen molar-refractivity contribution in [1.82, 2.24) is 20.1 Å². The van der Waals surface area contributed by atoms with Gasteiger partial charge in [0.25, 0.3) is 10.0 Å². The zero-order valence-corrected chi connectivity index (χ0v) is 13.8. The van der Waals surface area contributed by atoms with Gasteiger partial charge in [-0.05, 0) is 31.3 Å². The van der Waals surface area contributed by atoms with E-state index in [1.54, 1.807) is 11.1 Å². The van der Waals surface area contributed by atoms with Gasteiger partial charge in [0.2, 0.25) is 0 Å². The summed E-state index contributed by atoms with van der Waals surface area (Å²) < 4.78 is 25.1. The maximum Gasteiger partial charge on any atom is 0.254 e. The van der Waals surface area contributed by atoms with E-state index >= 15 is 0 Å². The lowest BCUT2D eigenvalue weighted by Gasteiger charge is -2.32. The van der Waals surface area contributed by atoms with E-state index in [4.69, 9.17) is 0 Å². The molecule has 2 N–H and O–H groups in total. The number of likely N-dealkylation sites (N-methyl/N-ethyl adjacent to an activating group) is 1. The highest BCUT2D eigenvalue weighted by molar-refractivity contribution is 7.89. The fourth-order valence-corrected chi connectivity index (χ4v) is 4.86. The predicted molar refractivity (Wildman–Crippen MR) is 83.6 cm³/mol. The van der Waals surface area contributed by atoms with Crippen LogP contribution in [0.2, 0.25) is 0 Å². The Kier molecular flexibility index (Phi) is 4.63. The summed E-state index contributed by atoms with van der Waals surface area (Å²) in [7, 11) is -1.42. The van der Waals surface area contributed by atoms with Crippen molar-refractivity contribution in [2.75, 3.05) is 33.2 Å². The lowest BCUT2D eigenvalue weighted by Crippen LogP contribution is -2.52. The summed E-state index contributed by atoms with van der Waals surface area (Å²) in [5.74, 6) is 0. The second-order valence-corrected chi connectivity index (χ2v) is 8.38. The van der Waals surface area contributed by atoms with Crippen molar-refractivity contribution in [1.29, 1.82) is 0 Å². The van der Waals surface area contributed by atoms with Gasteiger partial charge in [0, 0.05) is 43.6 Å². The predicted octanol–water partition coefficient (Wildman–Crippen LogP) is 0.441. The SMILES string of the molecule is CN1CCN(NS(=O)(=O)c2ccsc2CNC2CC2)CC1.